The molecule has 0 bridgehead atoms. The van der Waals surface area contributed by atoms with Crippen LogP contribution < -0.4 is 50.4 Å². The van der Waals surface area contributed by atoms with Gasteiger partial charge in [0.2, 0.25) is 17.7 Å². The number of nitrogens with zero attached hydrogens (tertiary/aromatic N) is 14. The molecular weight excluding hydrogens is 1630 g/mol. The number of hydrogen-bond acceptors (Lipinski definition) is 25. The molecule has 10 aromatic rings. The Labute approximate surface area is 662 Å². The number of H-pyrrole nitrogens is 2. The summed E-state index contributed by atoms with van der Waals surface area (Å²) in [7, 11) is -0.331. The van der Waals surface area contributed by atoms with Crippen molar-refractivity contribution in [2.45, 2.75) is 92.0 Å². The number of aromatic amines is 2. The van der Waals surface area contributed by atoms with E-state index in [1.165, 1.54) is 0 Å². The number of benzene rings is 3. The van der Waals surface area contributed by atoms with E-state index in [2.05, 4.69) is 154 Å². The summed E-state index contributed by atoms with van der Waals surface area (Å²) in [4.78, 5) is 77.7. The number of rotatable bonds is 14. The Balaban J connectivity index is 0.000000136. The van der Waals surface area contributed by atoms with Gasteiger partial charge in [-0.15, -0.1) is 0 Å². The fourth-order valence-electron chi connectivity index (χ4n) is 12.7. The first-order valence-corrected chi connectivity index (χ1v) is 38.2. The smallest absolute Gasteiger partial charge is 0.399 e. The van der Waals surface area contributed by atoms with Gasteiger partial charge in [0.1, 0.15) is 29.1 Å². The van der Waals surface area contributed by atoms with Gasteiger partial charge in [-0.3, -0.25) is 38.3 Å². The molecule has 574 valence electrons. The Morgan fingerprint density at radius 3 is 1.44 bits per heavy atom. The minimum Gasteiger partial charge on any atom is -0.399 e. The van der Waals surface area contributed by atoms with Crippen molar-refractivity contribution in [3.05, 3.63) is 146 Å². The van der Waals surface area contributed by atoms with Crippen LogP contribution in [0.4, 0.5) is 28.8 Å². The second-order valence-electron chi connectivity index (χ2n) is 28.4. The van der Waals surface area contributed by atoms with Crippen molar-refractivity contribution < 1.29 is 38.0 Å². The third-order valence-corrected chi connectivity index (χ3v) is 20.9. The highest BCUT2D eigenvalue weighted by Crippen LogP contribution is 2.37. The van der Waals surface area contributed by atoms with Gasteiger partial charge in [-0.25, -0.2) is 41.2 Å². The van der Waals surface area contributed by atoms with Gasteiger partial charge in [0, 0.05) is 154 Å². The highest BCUT2D eigenvalue weighted by molar-refractivity contribution is 14.1. The van der Waals surface area contributed by atoms with Gasteiger partial charge in [0.05, 0.1) is 124 Å². The highest BCUT2D eigenvalue weighted by Gasteiger charge is 2.52. The number of carbonyl (C=O) groups excluding carboxylic acids is 4. The number of carbonyl (C=O) groups is 4. The van der Waals surface area contributed by atoms with Gasteiger partial charge >= 0.3 is 7.12 Å². The van der Waals surface area contributed by atoms with Gasteiger partial charge in [-0.1, -0.05) is 39.0 Å². The number of anilines is 5. The summed E-state index contributed by atoms with van der Waals surface area (Å²) in [6.07, 6.45) is 14.9. The number of halogens is 2. The molecule has 3 saturated heterocycles. The first-order chi connectivity index (χ1) is 52.7. The third-order valence-electron chi connectivity index (χ3n) is 19.7. The number of morpholine rings is 2. The Morgan fingerprint density at radius 1 is 0.509 bits per heavy atom. The summed E-state index contributed by atoms with van der Waals surface area (Å²) in [6.45, 7) is 25.0. The van der Waals surface area contributed by atoms with Gasteiger partial charge in [-0.2, -0.15) is 25.5 Å². The summed E-state index contributed by atoms with van der Waals surface area (Å²) in [5, 5.41) is 21.5. The number of aldehydes is 1. The molecule has 3 atom stereocenters. The average Bonchev–Trinajstić information content (AvgIpc) is 1.62. The number of nitrogens with two attached hydrogens (primary N) is 5. The second kappa shape index (κ2) is 35.3. The van der Waals surface area contributed by atoms with Gasteiger partial charge in [0.15, 0.2) is 6.29 Å². The van der Waals surface area contributed by atoms with Gasteiger partial charge in [0.25, 0.3) is 0 Å². The second-order valence-corrected chi connectivity index (χ2v) is 30.9. The zero-order valence-corrected chi connectivity index (χ0v) is 66.4. The van der Waals surface area contributed by atoms with Crippen LogP contribution in [0, 0.1) is 24.9 Å². The van der Waals surface area contributed by atoms with E-state index in [9.17, 15) is 19.2 Å². The average molecular weight is 1720 g/mol. The van der Waals surface area contributed by atoms with Crippen molar-refractivity contribution in [2.24, 2.45) is 33.1 Å². The van der Waals surface area contributed by atoms with Crippen molar-refractivity contribution in [3.63, 3.8) is 0 Å². The standard InChI is InChI=1S/C26H29N9O2.C17H15IN6O.C15H26BN3O3.C11H14N4O.C6H5IN2O/c1-16-10-23(36)32-33-24(16)17-2-3-21-22(12-17)31-26(30-21)20-11-18(13-28-25(20)27)19-14-29-35(15-19)5-4-34-6-8-37-9-7-34;1-8-4-14(25)23-24-15(8)9-2-3-12-13(5-9)22-17(21-12)11-6-10(18)7-20-16(11)19;1-14(2)15(3,4)22-16(21-14)13-11-17-19(12-13)6-5-18-7-9-20-10-8-18;1-6-4-10(16)14-15-11(6)7-2-3-8(12)9(13)5-7;7-5-1-4(3-10)6(8)9-2-5/h2-3,11-16H,4-10H2,1H3,(H2,27,28)(H,30,31)(H,32,36);2-3,5-8H,4H2,1H3,(H2,19,20)(H,21,22)(H,23,25);11-12H,5-10H2,1-4H3;2-3,5-6H,4,12-13H2,1H3,(H,14,16);1-3H,(H2,8,9). The van der Waals surface area contributed by atoms with Crippen molar-refractivity contribution in [2.75, 3.05) is 94.4 Å². The molecular formula is C75H89BI2N24O8. The molecule has 16 rings (SSSR count). The lowest BCUT2D eigenvalue weighted by Crippen LogP contribution is -2.41. The maximum Gasteiger partial charge on any atom is 0.498 e. The Kier molecular flexibility index (Phi) is 25.4. The lowest BCUT2D eigenvalue weighted by molar-refractivity contribution is -0.122. The molecule has 110 heavy (non-hydrogen) atoms. The number of pyridine rings is 3. The normalized spacial score (nSPS) is 19.0. The maximum atomic E-state index is 11.6. The SMILES string of the molecule is CC1(C)OB(c2cnn(CCN3CCOCC3)c2)OC1(C)C.CC1CC(=O)NN=C1c1ccc(N)c(N)c1.CC1CC(=O)NN=C1c1ccc2nc(-c3cc(-c4cnn(CCN5CCOCC5)c4)cnc3N)[nH]c2c1.CC1CC(=O)NN=C1c1ccc2nc(-c3cc(I)cnc3N)[nH]c2c1.Nc1ncc(I)cc1C=O. The highest BCUT2D eigenvalue weighted by atomic mass is 127. The van der Waals surface area contributed by atoms with E-state index < -0.39 is 0 Å². The lowest BCUT2D eigenvalue weighted by atomic mass is 9.82. The Bertz CT molecular complexity index is 5090. The van der Waals surface area contributed by atoms with Gasteiger partial charge < -0.3 is 57.4 Å². The van der Waals surface area contributed by atoms with E-state index in [4.69, 9.17) is 52.4 Å². The zero-order valence-electron chi connectivity index (χ0n) is 62.1. The molecule has 32 nitrogen and oxygen atoms in total. The molecule has 0 radical (unpaired) electrons. The molecule has 35 heteroatoms. The number of aromatic nitrogens is 11. The molecule has 0 saturated carbocycles. The van der Waals surface area contributed by atoms with E-state index in [1.54, 1.807) is 36.8 Å². The summed E-state index contributed by atoms with van der Waals surface area (Å²) in [5.41, 5.74) is 50.7. The van der Waals surface area contributed by atoms with Crippen LogP contribution in [0.5, 0.6) is 0 Å². The van der Waals surface area contributed by atoms with Gasteiger partial charge in [-0.05, 0) is 127 Å². The number of nitrogens with one attached hydrogen (secondary N) is 5. The van der Waals surface area contributed by atoms with Crippen molar-refractivity contribution in [1.82, 2.24) is 80.5 Å². The number of fused-ring (bicyclic) bond motifs is 2. The van der Waals surface area contributed by atoms with Crippen LogP contribution in [-0.4, -0.2) is 189 Å². The maximum absolute atomic E-state index is 11.6. The van der Waals surface area contributed by atoms with E-state index in [0.29, 0.717) is 65.8 Å². The van der Waals surface area contributed by atoms with Crippen molar-refractivity contribution >= 4 is 150 Å². The van der Waals surface area contributed by atoms with Crippen LogP contribution in [0.1, 0.15) is 94.8 Å². The first kappa shape index (κ1) is 79.4. The number of ether oxygens (including phenoxy) is 2. The van der Waals surface area contributed by atoms with E-state index in [-0.39, 0.29) is 59.6 Å². The molecule has 6 aliphatic heterocycles. The van der Waals surface area contributed by atoms with Crippen LogP contribution in [-0.2, 0) is 46.3 Å². The number of nitrogen functional groups attached to an aromatic ring is 5. The minimum atomic E-state index is -0.331. The number of hydrazone groups is 3. The minimum absolute atomic E-state index is 0.0416. The predicted molar refractivity (Wildman–Crippen MR) is 441 cm³/mol. The molecule has 15 N–H and O–H groups in total. The molecule has 7 aromatic heterocycles. The molecule has 0 aliphatic carbocycles. The summed E-state index contributed by atoms with van der Waals surface area (Å²) in [5.74, 6) is 2.49. The number of hydrogen-bond donors (Lipinski definition) is 10. The topological polar surface area (TPSA) is 447 Å². The largest absolute Gasteiger partial charge is 0.498 e. The van der Waals surface area contributed by atoms with E-state index in [1.807, 2.05) is 110 Å². The summed E-state index contributed by atoms with van der Waals surface area (Å²) < 4.78 is 28.7. The molecule has 13 heterocycles. The molecule has 3 unspecified atom stereocenters. The Hall–Kier alpha value is -10.2. The van der Waals surface area contributed by atoms with Crippen LogP contribution in [0.2, 0.25) is 0 Å². The third kappa shape index (κ3) is 19.7. The Morgan fingerprint density at radius 2 is 0.955 bits per heavy atom. The fourth-order valence-corrected chi connectivity index (χ4v) is 13.7. The predicted octanol–water partition coefficient (Wildman–Crippen LogP) is 7.24. The van der Waals surface area contributed by atoms with Crippen LogP contribution in [0.25, 0.3) is 56.0 Å². The van der Waals surface area contributed by atoms with E-state index >= 15 is 0 Å². The molecule has 3 aromatic carbocycles. The number of amides is 3. The molecule has 3 amide bonds. The lowest BCUT2D eigenvalue weighted by Gasteiger charge is -2.32. The van der Waals surface area contributed by atoms with Crippen LogP contribution in [0.3, 0.4) is 0 Å². The van der Waals surface area contributed by atoms with E-state index in [0.717, 1.165) is 170 Å². The molecule has 6 aliphatic rings. The van der Waals surface area contributed by atoms with Crippen LogP contribution >= 0.6 is 45.2 Å². The van der Waals surface area contributed by atoms with Crippen LogP contribution in [0.15, 0.2) is 131 Å². The molecule has 3 fully saturated rings. The van der Waals surface area contributed by atoms with Crippen molar-refractivity contribution in [1.29, 1.82) is 0 Å². The summed E-state index contributed by atoms with van der Waals surface area (Å²) in [6, 6.07) is 22.8. The molecule has 0 spiro atoms. The zero-order chi connectivity index (χ0) is 78.0. The number of imidazole rings is 2. The van der Waals surface area contributed by atoms with Crippen molar-refractivity contribution in [3.8, 4) is 33.9 Å². The summed E-state index contributed by atoms with van der Waals surface area (Å²) >= 11 is 4.26. The fraction of sp³-hybridized carbons (Fsp3) is 0.360. The monoisotopic (exact) mass is 1720 g/mol. The first-order valence-electron chi connectivity index (χ1n) is 36.0. The quantitative estimate of drug-likeness (QED) is 0.0222.